The molecule has 0 aliphatic heterocycles. The Balaban J connectivity index is 1.69. The molecular formula is C18H27N5. The second kappa shape index (κ2) is 8.98. The molecule has 124 valence electrons. The van der Waals surface area contributed by atoms with Crippen LogP contribution in [0.15, 0.2) is 48.0 Å². The van der Waals surface area contributed by atoms with Crippen molar-refractivity contribution in [2.75, 3.05) is 20.1 Å². The summed E-state index contributed by atoms with van der Waals surface area (Å²) >= 11 is 0. The maximum absolute atomic E-state index is 4.28. The van der Waals surface area contributed by atoms with E-state index in [2.05, 4.69) is 63.3 Å². The third kappa shape index (κ3) is 5.77. The number of nitrogens with one attached hydrogen (secondary N) is 2. The number of hydrogen-bond donors (Lipinski definition) is 2. The molecule has 0 spiro atoms. The first kappa shape index (κ1) is 17.1. The Bertz CT molecular complexity index is 586. The molecule has 2 aromatic rings. The van der Waals surface area contributed by atoms with Gasteiger partial charge in [0, 0.05) is 39.1 Å². The summed E-state index contributed by atoms with van der Waals surface area (Å²) in [5.74, 6) is 1.30. The molecule has 5 heteroatoms. The lowest BCUT2D eigenvalue weighted by atomic mass is 10.0. The standard InChI is InChI=1S/C18H27N5/c1-15-5-7-17(8-6-15)16(2)13-22-18(19-3)21-9-4-11-23-12-10-20-14-23/h5-8,10,12,14,16H,4,9,11,13H2,1-3H3,(H2,19,21,22). The molecule has 23 heavy (non-hydrogen) atoms. The van der Waals surface area contributed by atoms with Crippen LogP contribution in [0.3, 0.4) is 0 Å². The summed E-state index contributed by atoms with van der Waals surface area (Å²) in [7, 11) is 1.81. The number of guanidine groups is 1. The van der Waals surface area contributed by atoms with Gasteiger partial charge in [0.15, 0.2) is 5.96 Å². The van der Waals surface area contributed by atoms with Crippen molar-refractivity contribution in [3.05, 3.63) is 54.1 Å². The number of aryl methyl sites for hydroxylation is 2. The SMILES string of the molecule is CN=C(NCCCn1ccnc1)NCC(C)c1ccc(C)cc1. The van der Waals surface area contributed by atoms with E-state index in [0.717, 1.165) is 32.0 Å². The van der Waals surface area contributed by atoms with Gasteiger partial charge >= 0.3 is 0 Å². The second-order valence-electron chi connectivity index (χ2n) is 5.85. The minimum absolute atomic E-state index is 0.445. The van der Waals surface area contributed by atoms with Crippen LogP contribution in [0.5, 0.6) is 0 Å². The predicted molar refractivity (Wildman–Crippen MR) is 95.8 cm³/mol. The summed E-state index contributed by atoms with van der Waals surface area (Å²) in [4.78, 5) is 8.32. The lowest BCUT2D eigenvalue weighted by Crippen LogP contribution is -2.39. The maximum Gasteiger partial charge on any atom is 0.190 e. The van der Waals surface area contributed by atoms with E-state index in [9.17, 15) is 0 Å². The number of aromatic nitrogens is 2. The van der Waals surface area contributed by atoms with E-state index in [1.54, 1.807) is 6.20 Å². The molecule has 2 N–H and O–H groups in total. The average molecular weight is 313 g/mol. The van der Waals surface area contributed by atoms with Crippen LogP contribution in [0.1, 0.15) is 30.4 Å². The molecule has 5 nitrogen and oxygen atoms in total. The molecule has 1 heterocycles. The average Bonchev–Trinajstić information content (AvgIpc) is 3.08. The molecule has 1 aromatic carbocycles. The highest BCUT2D eigenvalue weighted by Gasteiger charge is 2.06. The van der Waals surface area contributed by atoms with Crippen molar-refractivity contribution in [3.63, 3.8) is 0 Å². The van der Waals surface area contributed by atoms with E-state index in [1.807, 2.05) is 19.6 Å². The molecule has 1 aromatic heterocycles. The minimum Gasteiger partial charge on any atom is -0.356 e. The zero-order valence-corrected chi connectivity index (χ0v) is 14.3. The Kier molecular flexibility index (Phi) is 6.66. The molecule has 0 aliphatic carbocycles. The van der Waals surface area contributed by atoms with Crippen LogP contribution in [-0.4, -0.2) is 35.6 Å². The fraction of sp³-hybridized carbons (Fsp3) is 0.444. The fourth-order valence-corrected chi connectivity index (χ4v) is 2.37. The topological polar surface area (TPSA) is 54.2 Å². The maximum atomic E-state index is 4.28. The molecule has 0 saturated heterocycles. The van der Waals surface area contributed by atoms with E-state index in [0.29, 0.717) is 5.92 Å². The summed E-state index contributed by atoms with van der Waals surface area (Å²) in [6.45, 7) is 7.05. The van der Waals surface area contributed by atoms with E-state index in [4.69, 9.17) is 0 Å². The third-order valence-corrected chi connectivity index (χ3v) is 3.89. The van der Waals surface area contributed by atoms with Gasteiger partial charge in [0.25, 0.3) is 0 Å². The molecule has 0 fully saturated rings. The molecular weight excluding hydrogens is 286 g/mol. The van der Waals surface area contributed by atoms with Crippen LogP contribution >= 0.6 is 0 Å². The number of aliphatic imine (C=N–C) groups is 1. The zero-order chi connectivity index (χ0) is 16.5. The first-order valence-electron chi connectivity index (χ1n) is 8.16. The molecule has 1 atom stereocenters. The summed E-state index contributed by atoms with van der Waals surface area (Å²) in [5.41, 5.74) is 2.64. The Morgan fingerprint density at radius 1 is 1.26 bits per heavy atom. The molecule has 0 amide bonds. The molecule has 0 radical (unpaired) electrons. The molecule has 2 rings (SSSR count). The molecule has 0 aliphatic rings. The van der Waals surface area contributed by atoms with E-state index in [-0.39, 0.29) is 0 Å². The number of nitrogens with zero attached hydrogens (tertiary/aromatic N) is 3. The van der Waals surface area contributed by atoms with Crippen LogP contribution in [0.2, 0.25) is 0 Å². The van der Waals surface area contributed by atoms with E-state index in [1.165, 1.54) is 11.1 Å². The Hall–Kier alpha value is -2.30. The molecule has 0 saturated carbocycles. The van der Waals surface area contributed by atoms with Gasteiger partial charge in [-0.1, -0.05) is 36.8 Å². The van der Waals surface area contributed by atoms with Crippen LogP contribution in [-0.2, 0) is 6.54 Å². The lowest BCUT2D eigenvalue weighted by Gasteiger charge is -2.16. The number of hydrogen-bond acceptors (Lipinski definition) is 2. The predicted octanol–water partition coefficient (Wildman–Crippen LogP) is 2.55. The van der Waals surface area contributed by atoms with Gasteiger partial charge in [0.05, 0.1) is 6.33 Å². The largest absolute Gasteiger partial charge is 0.356 e. The van der Waals surface area contributed by atoms with Gasteiger partial charge in [0.1, 0.15) is 0 Å². The Morgan fingerprint density at radius 2 is 2.04 bits per heavy atom. The van der Waals surface area contributed by atoms with Crippen LogP contribution < -0.4 is 10.6 Å². The molecule has 0 bridgehead atoms. The highest BCUT2D eigenvalue weighted by Crippen LogP contribution is 2.14. The zero-order valence-electron chi connectivity index (χ0n) is 14.3. The summed E-state index contributed by atoms with van der Waals surface area (Å²) in [5, 5.41) is 6.75. The third-order valence-electron chi connectivity index (χ3n) is 3.89. The number of imidazole rings is 1. The highest BCUT2D eigenvalue weighted by atomic mass is 15.2. The first-order chi connectivity index (χ1) is 11.2. The van der Waals surface area contributed by atoms with Crippen molar-refractivity contribution in [3.8, 4) is 0 Å². The molecule has 1 unspecified atom stereocenters. The van der Waals surface area contributed by atoms with Gasteiger partial charge in [-0.3, -0.25) is 4.99 Å². The van der Waals surface area contributed by atoms with Gasteiger partial charge in [-0.25, -0.2) is 4.98 Å². The van der Waals surface area contributed by atoms with Crippen LogP contribution in [0.25, 0.3) is 0 Å². The van der Waals surface area contributed by atoms with Gasteiger partial charge in [0.2, 0.25) is 0 Å². The summed E-state index contributed by atoms with van der Waals surface area (Å²) in [6, 6.07) is 8.72. The second-order valence-corrected chi connectivity index (χ2v) is 5.85. The first-order valence-corrected chi connectivity index (χ1v) is 8.16. The fourth-order valence-electron chi connectivity index (χ4n) is 2.37. The van der Waals surface area contributed by atoms with Gasteiger partial charge in [-0.15, -0.1) is 0 Å². The minimum atomic E-state index is 0.445. The summed E-state index contributed by atoms with van der Waals surface area (Å²) < 4.78 is 2.08. The lowest BCUT2D eigenvalue weighted by molar-refractivity contribution is 0.620. The Morgan fingerprint density at radius 3 is 2.70 bits per heavy atom. The Labute approximate surface area is 138 Å². The normalized spacial score (nSPS) is 12.9. The van der Waals surface area contributed by atoms with E-state index < -0.39 is 0 Å². The van der Waals surface area contributed by atoms with Crippen molar-refractivity contribution in [1.82, 2.24) is 20.2 Å². The van der Waals surface area contributed by atoms with Crippen molar-refractivity contribution in [2.45, 2.75) is 32.7 Å². The van der Waals surface area contributed by atoms with Gasteiger partial charge in [-0.05, 0) is 24.8 Å². The van der Waals surface area contributed by atoms with Crippen LogP contribution in [0.4, 0.5) is 0 Å². The highest BCUT2D eigenvalue weighted by molar-refractivity contribution is 5.79. The van der Waals surface area contributed by atoms with Gasteiger partial charge < -0.3 is 15.2 Å². The van der Waals surface area contributed by atoms with Crippen molar-refractivity contribution < 1.29 is 0 Å². The van der Waals surface area contributed by atoms with Crippen molar-refractivity contribution in [2.24, 2.45) is 4.99 Å². The smallest absolute Gasteiger partial charge is 0.190 e. The number of benzene rings is 1. The van der Waals surface area contributed by atoms with E-state index >= 15 is 0 Å². The van der Waals surface area contributed by atoms with Crippen molar-refractivity contribution in [1.29, 1.82) is 0 Å². The van der Waals surface area contributed by atoms with Crippen LogP contribution in [0, 0.1) is 6.92 Å². The monoisotopic (exact) mass is 313 g/mol. The van der Waals surface area contributed by atoms with Gasteiger partial charge in [-0.2, -0.15) is 0 Å². The number of rotatable bonds is 7. The summed E-state index contributed by atoms with van der Waals surface area (Å²) in [6.07, 6.45) is 6.66. The van der Waals surface area contributed by atoms with Crippen molar-refractivity contribution >= 4 is 5.96 Å². The quantitative estimate of drug-likeness (QED) is 0.469.